The van der Waals surface area contributed by atoms with Crippen molar-refractivity contribution < 1.29 is 32.5 Å². The summed E-state index contributed by atoms with van der Waals surface area (Å²) >= 11 is 0. The molecule has 3 fully saturated rings. The number of carbonyl (C=O) groups excluding carboxylic acids is 1. The summed E-state index contributed by atoms with van der Waals surface area (Å²) < 4.78 is 54.0. The molecule has 2 N–H and O–H groups in total. The Morgan fingerprint density at radius 2 is 1.80 bits per heavy atom. The van der Waals surface area contributed by atoms with Gasteiger partial charge in [-0.15, -0.1) is 0 Å². The number of aromatic amines is 1. The summed E-state index contributed by atoms with van der Waals surface area (Å²) in [6.45, 7) is 10.5. The Morgan fingerprint density at radius 3 is 2.50 bits per heavy atom. The molecule has 7 heterocycles. The first-order valence-corrected chi connectivity index (χ1v) is 21.9. The van der Waals surface area contributed by atoms with Crippen molar-refractivity contribution in [2.24, 2.45) is 5.92 Å². The van der Waals surface area contributed by atoms with Crippen LogP contribution in [0.1, 0.15) is 103 Å². The molecule has 2 aromatic carbocycles. The number of halogens is 2. The second-order valence-electron chi connectivity index (χ2n) is 18.4. The van der Waals surface area contributed by atoms with E-state index in [1.165, 1.54) is 20.9 Å². The minimum atomic E-state index is -1.43. The largest absolute Gasteiger partial charge is 0.491 e. The van der Waals surface area contributed by atoms with Crippen molar-refractivity contribution >= 4 is 23.9 Å². The topological polar surface area (TPSA) is 168 Å². The van der Waals surface area contributed by atoms with Gasteiger partial charge in [0.05, 0.1) is 24.0 Å². The average molecular weight is 873 g/mol. The van der Waals surface area contributed by atoms with E-state index in [-0.39, 0.29) is 36.2 Å². The number of aromatic nitrogens is 7. The molecule has 3 aliphatic heterocycles. The van der Waals surface area contributed by atoms with E-state index in [4.69, 9.17) is 19.0 Å². The van der Waals surface area contributed by atoms with Crippen LogP contribution in [0.15, 0.2) is 85.9 Å². The van der Waals surface area contributed by atoms with Crippen molar-refractivity contribution in [1.82, 2.24) is 38.5 Å². The molecule has 1 saturated carbocycles. The third-order valence-corrected chi connectivity index (χ3v) is 14.6. The molecule has 18 heteroatoms. The zero-order valence-electron chi connectivity index (χ0n) is 36.2. The number of carbonyl (C=O) groups is 1. The van der Waals surface area contributed by atoms with Crippen LogP contribution >= 0.6 is 0 Å². The van der Waals surface area contributed by atoms with Crippen LogP contribution in [0.5, 0.6) is 0 Å². The number of hydrogen-bond acceptors (Lipinski definition) is 9. The van der Waals surface area contributed by atoms with Crippen molar-refractivity contribution in [3.05, 3.63) is 138 Å². The van der Waals surface area contributed by atoms with Crippen molar-refractivity contribution in [2.75, 3.05) is 26.4 Å². The second kappa shape index (κ2) is 14.5. The van der Waals surface area contributed by atoms with Gasteiger partial charge < -0.3 is 23.9 Å². The number of amides is 1. The molecule has 11 rings (SSSR count). The number of aryl methyl sites for hydroxylation is 2. The number of rotatable bonds is 7. The summed E-state index contributed by atoms with van der Waals surface area (Å²) in [7, 11) is -1.23. The number of allylic oxidation sites excluding steroid dienone is 2. The number of imidazole rings is 1. The quantitative estimate of drug-likeness (QED) is 0.184. The summed E-state index contributed by atoms with van der Waals surface area (Å²) in [4.78, 5) is 47.3. The molecule has 2 saturated heterocycles. The molecule has 15 nitrogen and oxygen atoms in total. The van der Waals surface area contributed by atoms with Crippen molar-refractivity contribution in [1.29, 1.82) is 0 Å². The molecule has 64 heavy (non-hydrogen) atoms. The average Bonchev–Trinajstić information content (AvgIpc) is 3.92. The number of ether oxygens (including phenoxy) is 1. The van der Waals surface area contributed by atoms with Gasteiger partial charge in [-0.2, -0.15) is 5.10 Å². The van der Waals surface area contributed by atoms with Gasteiger partial charge in [0.15, 0.2) is 5.82 Å². The predicted octanol–water partition coefficient (Wildman–Crippen LogP) is 5.97. The molecular formula is C46H47BF2N8O7. The van der Waals surface area contributed by atoms with Crippen LogP contribution in [0.3, 0.4) is 0 Å². The minimum Gasteiger partial charge on any atom is -0.423 e. The lowest BCUT2D eigenvalue weighted by Crippen LogP contribution is -2.42. The van der Waals surface area contributed by atoms with Crippen LogP contribution in [-0.2, 0) is 26.9 Å². The number of hydrogen-bond donors (Lipinski definition) is 2. The predicted molar refractivity (Wildman–Crippen MR) is 231 cm³/mol. The summed E-state index contributed by atoms with van der Waals surface area (Å²) in [6, 6.07) is 10.9. The van der Waals surface area contributed by atoms with Crippen molar-refractivity contribution in [3.8, 4) is 11.5 Å². The van der Waals surface area contributed by atoms with Gasteiger partial charge in [-0.3, -0.25) is 23.4 Å². The van der Waals surface area contributed by atoms with Gasteiger partial charge >= 0.3 is 18.6 Å². The Kier molecular flexibility index (Phi) is 9.18. The van der Waals surface area contributed by atoms with Gasteiger partial charge in [0.1, 0.15) is 34.2 Å². The highest BCUT2D eigenvalue weighted by molar-refractivity contribution is 6.55. The lowest BCUT2D eigenvalue weighted by atomic mass is 9.71. The molecule has 5 aliphatic rings. The van der Waals surface area contributed by atoms with E-state index in [9.17, 15) is 14.6 Å². The number of nitrogens with one attached hydrogen (secondary N) is 1. The van der Waals surface area contributed by atoms with E-state index in [1.54, 1.807) is 54.8 Å². The molecule has 1 unspecified atom stereocenters. The number of H-pyrrole nitrogens is 1. The molecule has 4 aromatic heterocycles. The van der Waals surface area contributed by atoms with Gasteiger partial charge in [0.2, 0.25) is 0 Å². The van der Waals surface area contributed by atoms with Crippen LogP contribution in [-0.4, -0.2) is 82.9 Å². The van der Waals surface area contributed by atoms with Gasteiger partial charge in [-0.1, -0.05) is 24.2 Å². The highest BCUT2D eigenvalue weighted by Gasteiger charge is 2.59. The Hall–Kier alpha value is -6.11. The van der Waals surface area contributed by atoms with E-state index in [0.29, 0.717) is 89.4 Å². The van der Waals surface area contributed by atoms with E-state index in [0.717, 1.165) is 23.7 Å². The van der Waals surface area contributed by atoms with Crippen LogP contribution in [0.4, 0.5) is 8.78 Å². The maximum Gasteiger partial charge on any atom is 0.491 e. The fraction of sp³-hybridized carbons (Fsp3) is 0.413. The first-order chi connectivity index (χ1) is 30.7. The smallest absolute Gasteiger partial charge is 0.423 e. The van der Waals surface area contributed by atoms with Gasteiger partial charge in [-0.25, -0.2) is 23.1 Å². The maximum atomic E-state index is 16.5. The van der Waals surface area contributed by atoms with E-state index < -0.39 is 41.5 Å². The Bertz CT molecular complexity index is 3110. The van der Waals surface area contributed by atoms with Crippen molar-refractivity contribution in [2.45, 2.75) is 89.8 Å². The molecule has 2 aliphatic carbocycles. The van der Waals surface area contributed by atoms with Crippen LogP contribution in [0.25, 0.3) is 22.4 Å². The third-order valence-electron chi connectivity index (χ3n) is 14.6. The molecule has 330 valence electrons. The summed E-state index contributed by atoms with van der Waals surface area (Å²) in [5.74, 6) is -0.873. The van der Waals surface area contributed by atoms with E-state index in [1.807, 2.05) is 17.6 Å². The first kappa shape index (κ1) is 40.7. The Morgan fingerprint density at radius 1 is 1.05 bits per heavy atom. The minimum absolute atomic E-state index is 0.000771. The zero-order valence-corrected chi connectivity index (χ0v) is 36.2. The summed E-state index contributed by atoms with van der Waals surface area (Å²) in [5, 5.41) is 20.4. The molecule has 0 bridgehead atoms. The molecule has 0 spiro atoms. The standard InChI is InChI=1S/C46H47BF2N8O7/c1-24-18-31(19-25(2)38(24)48)57-40(54-14-15-55(44(54)60)45(5)12-8-33-32(39(45)49)23-63-47(33)61)37-27(4)53(13-9-34(37)51-57)41(58)36-21-30-20-29(28-10-16-62-17-11-28)6-7-35(30)56(36)46(22-26(46)3)42-50-43(59)64-52-42/h6-8,14-15,18-21,26-28,61H,9-13,16-17,22-23H2,1-5H3,(H,50,52,59)/t26-,27-,45?,46-/m0/s1. The van der Waals surface area contributed by atoms with Crippen LogP contribution in [0, 0.1) is 25.6 Å². The maximum absolute atomic E-state index is 16.5. The Balaban J connectivity index is 1.05. The summed E-state index contributed by atoms with van der Waals surface area (Å²) in [6.07, 6.45) is 7.63. The van der Waals surface area contributed by atoms with Crippen LogP contribution in [0.2, 0.25) is 0 Å². The number of nitrogens with zero attached hydrogens (tertiary/aromatic N) is 7. The lowest BCUT2D eigenvalue weighted by molar-refractivity contribution is 0.0663. The van der Waals surface area contributed by atoms with Crippen LogP contribution < -0.4 is 11.4 Å². The summed E-state index contributed by atoms with van der Waals surface area (Å²) in [5.41, 5.74) is 2.69. The highest BCUT2D eigenvalue weighted by Crippen LogP contribution is 2.56. The highest BCUT2D eigenvalue weighted by atomic mass is 19.1. The van der Waals surface area contributed by atoms with Gasteiger partial charge in [0.25, 0.3) is 5.91 Å². The lowest BCUT2D eigenvalue weighted by Gasteiger charge is -2.34. The third kappa shape index (κ3) is 5.84. The second-order valence-corrected chi connectivity index (χ2v) is 18.4. The first-order valence-electron chi connectivity index (χ1n) is 21.9. The SMILES string of the molecule is Cc1cc(-n2nc3c(c2-n2ccn(C4(C)CC=C5B(O)OCC5=C4F)c2=O)[C@H](C)N(C(=O)c2cc4cc(C5CCOCC5)ccc4n2[C@@]2(c4noc(=O)[nH]4)C[C@@H]2C)CC3)cc(C)c1F. The molecule has 0 radical (unpaired) electrons. The fourth-order valence-corrected chi connectivity index (χ4v) is 11.0. The molecule has 6 aromatic rings. The normalized spacial score (nSPS) is 24.7. The zero-order chi connectivity index (χ0) is 44.6. The van der Waals surface area contributed by atoms with E-state index >= 15 is 13.6 Å². The number of fused-ring (bicyclic) bond motifs is 3. The Labute approximate surface area is 365 Å². The van der Waals surface area contributed by atoms with Gasteiger partial charge in [0, 0.05) is 60.6 Å². The number of benzene rings is 2. The fourth-order valence-electron chi connectivity index (χ4n) is 11.0. The molecular weight excluding hydrogens is 825 g/mol. The monoisotopic (exact) mass is 872 g/mol. The molecule has 1 amide bonds. The van der Waals surface area contributed by atoms with Gasteiger partial charge in [-0.05, 0) is 118 Å². The van der Waals surface area contributed by atoms with Crippen molar-refractivity contribution in [3.63, 3.8) is 0 Å². The van der Waals surface area contributed by atoms with E-state index in [2.05, 4.69) is 35.3 Å². The molecule has 4 atom stereocenters.